The van der Waals surface area contributed by atoms with Gasteiger partial charge in [0.1, 0.15) is 12.4 Å². The van der Waals surface area contributed by atoms with Gasteiger partial charge in [-0.3, -0.25) is 4.79 Å². The molecule has 4 nitrogen and oxygen atoms in total. The van der Waals surface area contributed by atoms with E-state index in [-0.39, 0.29) is 11.6 Å². The van der Waals surface area contributed by atoms with Crippen molar-refractivity contribution in [1.82, 2.24) is 4.57 Å². The zero-order valence-corrected chi connectivity index (χ0v) is 11.9. The van der Waals surface area contributed by atoms with E-state index in [4.69, 9.17) is 10.5 Å². The standard InChI is InChI=1S/C16H20N2O2/c1-12-6-7-15(14(11-12)13(2)17)20-10-9-18-8-4-3-5-16(18)19/h3-8,11,13H,9-10,17H2,1-2H3. The first-order chi connectivity index (χ1) is 9.58. The molecule has 2 N–H and O–H groups in total. The summed E-state index contributed by atoms with van der Waals surface area (Å²) in [4.78, 5) is 11.6. The van der Waals surface area contributed by atoms with E-state index in [1.807, 2.05) is 38.1 Å². The lowest BCUT2D eigenvalue weighted by Crippen LogP contribution is -2.21. The van der Waals surface area contributed by atoms with Crippen molar-refractivity contribution < 1.29 is 4.74 Å². The average molecular weight is 272 g/mol. The zero-order chi connectivity index (χ0) is 14.5. The van der Waals surface area contributed by atoms with Crippen molar-refractivity contribution in [3.63, 3.8) is 0 Å². The van der Waals surface area contributed by atoms with Crippen LogP contribution in [0.3, 0.4) is 0 Å². The third kappa shape index (κ3) is 3.48. The van der Waals surface area contributed by atoms with Crippen LogP contribution in [0.2, 0.25) is 0 Å². The molecule has 0 aliphatic heterocycles. The van der Waals surface area contributed by atoms with Crippen molar-refractivity contribution >= 4 is 0 Å². The van der Waals surface area contributed by atoms with E-state index in [1.54, 1.807) is 22.9 Å². The molecule has 0 amide bonds. The molecule has 0 aliphatic carbocycles. The molecule has 0 saturated carbocycles. The normalized spacial score (nSPS) is 12.2. The summed E-state index contributed by atoms with van der Waals surface area (Å²) in [5.74, 6) is 0.787. The lowest BCUT2D eigenvalue weighted by Gasteiger charge is -2.15. The summed E-state index contributed by atoms with van der Waals surface area (Å²) in [7, 11) is 0. The molecule has 4 heteroatoms. The first kappa shape index (κ1) is 14.3. The van der Waals surface area contributed by atoms with Crippen LogP contribution in [0.1, 0.15) is 24.1 Å². The van der Waals surface area contributed by atoms with Crippen LogP contribution in [-0.2, 0) is 6.54 Å². The minimum absolute atomic E-state index is 0.0209. The highest BCUT2D eigenvalue weighted by molar-refractivity contribution is 5.38. The second-order valence-electron chi connectivity index (χ2n) is 4.91. The first-order valence-corrected chi connectivity index (χ1v) is 6.72. The molecule has 0 saturated heterocycles. The maximum atomic E-state index is 11.6. The van der Waals surface area contributed by atoms with Crippen molar-refractivity contribution in [2.24, 2.45) is 5.73 Å². The highest BCUT2D eigenvalue weighted by atomic mass is 16.5. The monoisotopic (exact) mass is 272 g/mol. The largest absolute Gasteiger partial charge is 0.491 e. The van der Waals surface area contributed by atoms with Crippen LogP contribution in [0.5, 0.6) is 5.75 Å². The van der Waals surface area contributed by atoms with Crippen LogP contribution in [0.25, 0.3) is 0 Å². The van der Waals surface area contributed by atoms with Crippen LogP contribution in [0, 0.1) is 6.92 Å². The number of ether oxygens (including phenoxy) is 1. The molecule has 1 aromatic carbocycles. The summed E-state index contributed by atoms with van der Waals surface area (Å²) in [6, 6.07) is 11.0. The van der Waals surface area contributed by atoms with Gasteiger partial charge < -0.3 is 15.0 Å². The first-order valence-electron chi connectivity index (χ1n) is 6.72. The van der Waals surface area contributed by atoms with E-state index < -0.39 is 0 Å². The number of hydrogen-bond acceptors (Lipinski definition) is 3. The number of benzene rings is 1. The molecule has 2 aromatic rings. The van der Waals surface area contributed by atoms with Gasteiger partial charge in [-0.2, -0.15) is 0 Å². The summed E-state index contributed by atoms with van der Waals surface area (Å²) in [5.41, 5.74) is 8.08. The molecular weight excluding hydrogens is 252 g/mol. The van der Waals surface area contributed by atoms with E-state index in [2.05, 4.69) is 0 Å². The van der Waals surface area contributed by atoms with Gasteiger partial charge in [0, 0.05) is 23.9 Å². The van der Waals surface area contributed by atoms with E-state index in [0.717, 1.165) is 16.9 Å². The van der Waals surface area contributed by atoms with Crippen LogP contribution in [0.15, 0.2) is 47.4 Å². The Kier molecular flexibility index (Phi) is 4.58. The van der Waals surface area contributed by atoms with Crippen molar-refractivity contribution in [3.05, 3.63) is 64.1 Å². The Bertz CT molecular complexity index is 632. The molecule has 20 heavy (non-hydrogen) atoms. The quantitative estimate of drug-likeness (QED) is 0.908. The molecule has 0 radical (unpaired) electrons. The maximum absolute atomic E-state index is 11.6. The molecule has 0 fully saturated rings. The number of pyridine rings is 1. The second kappa shape index (κ2) is 6.39. The van der Waals surface area contributed by atoms with E-state index in [1.165, 1.54) is 0 Å². The number of nitrogens with two attached hydrogens (primary N) is 1. The summed E-state index contributed by atoms with van der Waals surface area (Å²) in [6.07, 6.45) is 1.76. The number of rotatable bonds is 5. The smallest absolute Gasteiger partial charge is 0.250 e. The van der Waals surface area contributed by atoms with E-state index >= 15 is 0 Å². The van der Waals surface area contributed by atoms with Crippen LogP contribution < -0.4 is 16.0 Å². The highest BCUT2D eigenvalue weighted by Crippen LogP contribution is 2.24. The molecule has 1 atom stereocenters. The topological polar surface area (TPSA) is 57.2 Å². The van der Waals surface area contributed by atoms with Gasteiger partial charge in [0.25, 0.3) is 5.56 Å². The van der Waals surface area contributed by atoms with Crippen molar-refractivity contribution in [2.75, 3.05) is 6.61 Å². The predicted molar refractivity (Wildman–Crippen MR) is 80.0 cm³/mol. The fourth-order valence-electron chi connectivity index (χ4n) is 2.05. The summed E-state index contributed by atoms with van der Waals surface area (Å²) < 4.78 is 7.40. The van der Waals surface area contributed by atoms with Gasteiger partial charge in [0.15, 0.2) is 0 Å². The number of aromatic nitrogens is 1. The third-order valence-electron chi connectivity index (χ3n) is 3.14. The SMILES string of the molecule is Cc1ccc(OCCn2ccccc2=O)c(C(C)N)c1. The Morgan fingerprint density at radius 3 is 2.80 bits per heavy atom. The van der Waals surface area contributed by atoms with Gasteiger partial charge >= 0.3 is 0 Å². The minimum atomic E-state index is -0.0793. The third-order valence-corrected chi connectivity index (χ3v) is 3.14. The van der Waals surface area contributed by atoms with Gasteiger partial charge in [-0.15, -0.1) is 0 Å². The lowest BCUT2D eigenvalue weighted by atomic mass is 10.1. The Balaban J connectivity index is 2.05. The van der Waals surface area contributed by atoms with Gasteiger partial charge in [-0.05, 0) is 26.0 Å². The lowest BCUT2D eigenvalue weighted by molar-refractivity contribution is 0.292. The van der Waals surface area contributed by atoms with E-state index in [9.17, 15) is 4.79 Å². The van der Waals surface area contributed by atoms with Crippen molar-refractivity contribution in [1.29, 1.82) is 0 Å². The Morgan fingerprint density at radius 2 is 2.10 bits per heavy atom. The van der Waals surface area contributed by atoms with Crippen LogP contribution in [-0.4, -0.2) is 11.2 Å². The highest BCUT2D eigenvalue weighted by Gasteiger charge is 2.08. The van der Waals surface area contributed by atoms with Gasteiger partial charge in [-0.1, -0.05) is 23.8 Å². The molecule has 0 spiro atoms. The predicted octanol–water partition coefficient (Wildman–Crippen LogP) is 2.26. The minimum Gasteiger partial charge on any atom is -0.491 e. The fourth-order valence-corrected chi connectivity index (χ4v) is 2.05. The number of hydrogen-bond donors (Lipinski definition) is 1. The molecule has 1 unspecified atom stereocenters. The van der Waals surface area contributed by atoms with E-state index in [0.29, 0.717) is 13.2 Å². The second-order valence-corrected chi connectivity index (χ2v) is 4.91. The Labute approximate surface area is 118 Å². The summed E-state index contributed by atoms with van der Waals surface area (Å²) >= 11 is 0. The zero-order valence-electron chi connectivity index (χ0n) is 11.9. The Hall–Kier alpha value is -2.07. The number of aryl methyl sites for hydroxylation is 1. The van der Waals surface area contributed by atoms with Crippen molar-refractivity contribution in [3.8, 4) is 5.75 Å². The number of nitrogens with zero attached hydrogens (tertiary/aromatic N) is 1. The van der Waals surface area contributed by atoms with Crippen LogP contribution >= 0.6 is 0 Å². The fraction of sp³-hybridized carbons (Fsp3) is 0.312. The molecule has 1 heterocycles. The summed E-state index contributed by atoms with van der Waals surface area (Å²) in [5, 5.41) is 0. The van der Waals surface area contributed by atoms with Gasteiger partial charge in [0.2, 0.25) is 0 Å². The van der Waals surface area contributed by atoms with Gasteiger partial charge in [0.05, 0.1) is 6.54 Å². The maximum Gasteiger partial charge on any atom is 0.250 e. The van der Waals surface area contributed by atoms with Crippen molar-refractivity contribution in [2.45, 2.75) is 26.4 Å². The molecule has 106 valence electrons. The summed E-state index contributed by atoms with van der Waals surface area (Å²) in [6.45, 7) is 4.92. The Morgan fingerprint density at radius 1 is 1.30 bits per heavy atom. The molecule has 2 rings (SSSR count). The average Bonchev–Trinajstić information content (AvgIpc) is 2.42. The molecule has 0 aliphatic rings. The molecule has 1 aromatic heterocycles. The molecular formula is C16H20N2O2. The van der Waals surface area contributed by atoms with Gasteiger partial charge in [-0.25, -0.2) is 0 Å². The van der Waals surface area contributed by atoms with Crippen LogP contribution in [0.4, 0.5) is 0 Å². The molecule has 0 bridgehead atoms.